The molecule has 1 aliphatic carbocycles. The smallest absolute Gasteiger partial charge is 0.144 e. The van der Waals surface area contributed by atoms with E-state index in [0.29, 0.717) is 12.2 Å². The number of ketones is 1. The van der Waals surface area contributed by atoms with E-state index in [-0.39, 0.29) is 17.4 Å². The number of rotatable bonds is 4. The lowest BCUT2D eigenvalue weighted by atomic mass is 9.67. The quantitative estimate of drug-likeness (QED) is 0.838. The summed E-state index contributed by atoms with van der Waals surface area (Å²) in [5, 5.41) is 4.20. The minimum Gasteiger partial charge on any atom is -0.299 e. The van der Waals surface area contributed by atoms with Gasteiger partial charge in [-0.2, -0.15) is 5.10 Å². The Morgan fingerprint density at radius 2 is 2.21 bits per heavy atom. The van der Waals surface area contributed by atoms with Gasteiger partial charge in [0.2, 0.25) is 0 Å². The predicted molar refractivity (Wildman–Crippen MR) is 74.9 cm³/mol. The summed E-state index contributed by atoms with van der Waals surface area (Å²) in [6.07, 6.45) is 6.58. The molecule has 0 aliphatic heterocycles. The first-order valence-electron chi connectivity index (χ1n) is 7.33. The summed E-state index contributed by atoms with van der Waals surface area (Å²) >= 11 is 0. The van der Waals surface area contributed by atoms with E-state index < -0.39 is 0 Å². The summed E-state index contributed by atoms with van der Waals surface area (Å²) < 4.78 is 1.85. The van der Waals surface area contributed by atoms with Crippen LogP contribution in [-0.2, 0) is 11.2 Å². The molecule has 1 fully saturated rings. The Bertz CT molecular complexity index is 448. The molecule has 1 aromatic heterocycles. The lowest BCUT2D eigenvalue weighted by Crippen LogP contribution is -2.35. The molecule has 4 nitrogen and oxygen atoms in total. The zero-order valence-corrected chi connectivity index (χ0v) is 12.5. The molecule has 0 amide bonds. The van der Waals surface area contributed by atoms with Gasteiger partial charge >= 0.3 is 0 Å². The fourth-order valence-electron chi connectivity index (χ4n) is 3.20. The highest BCUT2D eigenvalue weighted by Crippen LogP contribution is 2.41. The number of hydrogen-bond acceptors (Lipinski definition) is 3. The van der Waals surface area contributed by atoms with Gasteiger partial charge in [-0.3, -0.25) is 4.79 Å². The molecule has 2 rings (SSSR count). The summed E-state index contributed by atoms with van der Waals surface area (Å²) in [5.41, 5.74) is 0.137. The van der Waals surface area contributed by atoms with Crippen molar-refractivity contribution in [1.29, 1.82) is 0 Å². The average molecular weight is 263 g/mol. The maximum absolute atomic E-state index is 12.6. The monoisotopic (exact) mass is 263 g/mol. The summed E-state index contributed by atoms with van der Waals surface area (Å²) in [6.45, 7) is 8.57. The SMILES string of the molecule is CC(C)n1ncnc1CC(=O)C1CCCCC1(C)C. The summed E-state index contributed by atoms with van der Waals surface area (Å²) in [7, 11) is 0. The fourth-order valence-corrected chi connectivity index (χ4v) is 3.20. The molecule has 0 saturated heterocycles. The van der Waals surface area contributed by atoms with Gasteiger partial charge in [0.25, 0.3) is 0 Å². The van der Waals surface area contributed by atoms with Crippen molar-refractivity contribution in [2.24, 2.45) is 11.3 Å². The standard InChI is InChI=1S/C15H25N3O/c1-11(2)18-14(16-10-17-18)9-13(19)12-7-5-6-8-15(12,3)4/h10-12H,5-9H2,1-4H3. The van der Waals surface area contributed by atoms with E-state index in [0.717, 1.165) is 18.7 Å². The van der Waals surface area contributed by atoms with Gasteiger partial charge < -0.3 is 0 Å². The molecule has 0 N–H and O–H groups in total. The van der Waals surface area contributed by atoms with Crippen LogP contribution in [-0.4, -0.2) is 20.5 Å². The molecule has 0 bridgehead atoms. The van der Waals surface area contributed by atoms with E-state index in [1.165, 1.54) is 12.8 Å². The van der Waals surface area contributed by atoms with E-state index >= 15 is 0 Å². The van der Waals surface area contributed by atoms with Gasteiger partial charge in [-0.15, -0.1) is 0 Å². The molecule has 1 aliphatic rings. The highest BCUT2D eigenvalue weighted by molar-refractivity contribution is 5.83. The lowest BCUT2D eigenvalue weighted by molar-refractivity contribution is -0.127. The van der Waals surface area contributed by atoms with Gasteiger partial charge in [-0.05, 0) is 32.1 Å². The van der Waals surface area contributed by atoms with Crippen molar-refractivity contribution in [3.05, 3.63) is 12.2 Å². The van der Waals surface area contributed by atoms with Crippen molar-refractivity contribution in [3.63, 3.8) is 0 Å². The third-order valence-electron chi connectivity index (χ3n) is 4.36. The number of aromatic nitrogens is 3. The third-order valence-corrected chi connectivity index (χ3v) is 4.36. The third kappa shape index (κ3) is 3.04. The van der Waals surface area contributed by atoms with Crippen molar-refractivity contribution in [2.45, 2.75) is 65.8 Å². The number of Topliss-reactive ketones (excluding diaryl/α,β-unsaturated/α-hetero) is 1. The van der Waals surface area contributed by atoms with Crippen LogP contribution in [0, 0.1) is 11.3 Å². The van der Waals surface area contributed by atoms with Crippen molar-refractivity contribution >= 4 is 5.78 Å². The normalized spacial score (nSPS) is 22.7. The van der Waals surface area contributed by atoms with E-state index in [2.05, 4.69) is 37.8 Å². The molecule has 0 spiro atoms. The Morgan fingerprint density at radius 1 is 1.47 bits per heavy atom. The number of carbonyl (C=O) groups is 1. The molecule has 0 aromatic carbocycles. The second-order valence-electron chi connectivity index (χ2n) is 6.64. The maximum Gasteiger partial charge on any atom is 0.144 e. The molecule has 0 radical (unpaired) electrons. The lowest BCUT2D eigenvalue weighted by Gasteiger charge is -2.37. The van der Waals surface area contributed by atoms with Crippen LogP contribution in [0.1, 0.15) is 65.2 Å². The first kappa shape index (κ1) is 14.2. The number of hydrogen-bond donors (Lipinski definition) is 0. The largest absolute Gasteiger partial charge is 0.299 e. The van der Waals surface area contributed by atoms with Crippen molar-refractivity contribution in [2.75, 3.05) is 0 Å². The highest BCUT2D eigenvalue weighted by atomic mass is 16.1. The molecule has 1 saturated carbocycles. The topological polar surface area (TPSA) is 47.8 Å². The van der Waals surface area contributed by atoms with Crippen LogP contribution in [0.15, 0.2) is 6.33 Å². The second-order valence-corrected chi connectivity index (χ2v) is 6.64. The first-order valence-corrected chi connectivity index (χ1v) is 7.33. The molecule has 1 heterocycles. The van der Waals surface area contributed by atoms with Crippen LogP contribution in [0.2, 0.25) is 0 Å². The zero-order chi connectivity index (χ0) is 14.0. The van der Waals surface area contributed by atoms with Crippen LogP contribution in [0.4, 0.5) is 0 Å². The Balaban J connectivity index is 2.10. The molecule has 106 valence electrons. The van der Waals surface area contributed by atoms with Crippen molar-refractivity contribution in [3.8, 4) is 0 Å². The average Bonchev–Trinajstić information content (AvgIpc) is 2.76. The van der Waals surface area contributed by atoms with Crippen molar-refractivity contribution < 1.29 is 4.79 Å². The molecule has 4 heteroatoms. The predicted octanol–water partition coefficient (Wildman–Crippen LogP) is 3.19. The van der Waals surface area contributed by atoms with E-state index in [1.807, 2.05) is 4.68 Å². The van der Waals surface area contributed by atoms with Gasteiger partial charge in [0.05, 0.1) is 6.42 Å². The maximum atomic E-state index is 12.6. The zero-order valence-electron chi connectivity index (χ0n) is 12.5. The van der Waals surface area contributed by atoms with Gasteiger partial charge in [0, 0.05) is 12.0 Å². The minimum atomic E-state index is 0.137. The number of carbonyl (C=O) groups excluding carboxylic acids is 1. The Morgan fingerprint density at radius 3 is 2.84 bits per heavy atom. The van der Waals surface area contributed by atoms with Crippen LogP contribution >= 0.6 is 0 Å². The van der Waals surface area contributed by atoms with Crippen LogP contribution in [0.25, 0.3) is 0 Å². The van der Waals surface area contributed by atoms with E-state index in [9.17, 15) is 4.79 Å². The van der Waals surface area contributed by atoms with E-state index in [4.69, 9.17) is 0 Å². The molecular formula is C15H25N3O. The van der Waals surface area contributed by atoms with Gasteiger partial charge in [-0.1, -0.05) is 26.7 Å². The van der Waals surface area contributed by atoms with Crippen LogP contribution < -0.4 is 0 Å². The molecule has 19 heavy (non-hydrogen) atoms. The fraction of sp³-hybridized carbons (Fsp3) is 0.800. The Labute approximate surface area is 115 Å². The van der Waals surface area contributed by atoms with Crippen LogP contribution in [0.3, 0.4) is 0 Å². The Hall–Kier alpha value is -1.19. The highest BCUT2D eigenvalue weighted by Gasteiger charge is 2.37. The summed E-state index contributed by atoms with van der Waals surface area (Å²) in [4.78, 5) is 16.8. The van der Waals surface area contributed by atoms with Crippen LogP contribution in [0.5, 0.6) is 0 Å². The molecule has 1 unspecified atom stereocenters. The summed E-state index contributed by atoms with van der Waals surface area (Å²) in [6, 6.07) is 0.254. The second kappa shape index (κ2) is 5.43. The first-order chi connectivity index (χ1) is 8.92. The Kier molecular flexibility index (Phi) is 4.07. The van der Waals surface area contributed by atoms with Gasteiger partial charge in [-0.25, -0.2) is 9.67 Å². The number of nitrogens with zero attached hydrogens (tertiary/aromatic N) is 3. The minimum absolute atomic E-state index is 0.137. The van der Waals surface area contributed by atoms with Crippen molar-refractivity contribution in [1.82, 2.24) is 14.8 Å². The van der Waals surface area contributed by atoms with Gasteiger partial charge in [0.1, 0.15) is 17.9 Å². The van der Waals surface area contributed by atoms with E-state index in [1.54, 1.807) is 6.33 Å². The molecule has 1 aromatic rings. The van der Waals surface area contributed by atoms with Gasteiger partial charge in [0.15, 0.2) is 0 Å². The molecular weight excluding hydrogens is 238 g/mol. The molecule has 1 atom stereocenters. The summed E-state index contributed by atoms with van der Waals surface area (Å²) in [5.74, 6) is 1.32.